The molecule has 30 heavy (non-hydrogen) atoms. The van der Waals surface area contributed by atoms with Crippen molar-refractivity contribution < 1.29 is 14.3 Å². The first-order valence-electron chi connectivity index (χ1n) is 10.5. The van der Waals surface area contributed by atoms with E-state index >= 15 is 0 Å². The summed E-state index contributed by atoms with van der Waals surface area (Å²) in [5.41, 5.74) is 4.43. The van der Waals surface area contributed by atoms with Crippen LogP contribution in [0.3, 0.4) is 0 Å². The molecule has 2 aliphatic heterocycles. The van der Waals surface area contributed by atoms with Crippen LogP contribution in [0.15, 0.2) is 42.5 Å². The normalized spacial score (nSPS) is 17.7. The Kier molecular flexibility index (Phi) is 4.66. The van der Waals surface area contributed by atoms with Crippen LogP contribution in [0.2, 0.25) is 0 Å². The van der Waals surface area contributed by atoms with Gasteiger partial charge in [0.25, 0.3) is 5.91 Å². The Balaban J connectivity index is 1.39. The lowest BCUT2D eigenvalue weighted by Gasteiger charge is -2.44. The minimum atomic E-state index is -0.0899. The molecule has 0 bridgehead atoms. The minimum Gasteiger partial charge on any atom is -0.497 e. The number of methoxy groups -OCH3 is 2. The van der Waals surface area contributed by atoms with E-state index in [4.69, 9.17) is 9.47 Å². The van der Waals surface area contributed by atoms with Gasteiger partial charge in [0.05, 0.1) is 25.3 Å². The second kappa shape index (κ2) is 7.36. The largest absolute Gasteiger partial charge is 0.497 e. The third-order valence-corrected chi connectivity index (χ3v) is 6.67. The van der Waals surface area contributed by atoms with Crippen LogP contribution >= 0.6 is 0 Å². The summed E-state index contributed by atoms with van der Waals surface area (Å²) in [6, 6.07) is 13.9. The molecule has 3 aromatic rings. The number of carbonyl (C=O) groups is 1. The van der Waals surface area contributed by atoms with Crippen LogP contribution in [-0.2, 0) is 12.0 Å². The van der Waals surface area contributed by atoms with Crippen LogP contribution in [-0.4, -0.2) is 49.6 Å². The highest BCUT2D eigenvalue weighted by molar-refractivity contribution is 5.97. The second-order valence-electron chi connectivity index (χ2n) is 8.14. The molecule has 3 heterocycles. The number of H-pyrrole nitrogens is 1. The lowest BCUT2D eigenvalue weighted by molar-refractivity contribution is 0.0623. The van der Waals surface area contributed by atoms with Gasteiger partial charge in [0, 0.05) is 42.3 Å². The van der Waals surface area contributed by atoms with E-state index in [0.29, 0.717) is 30.2 Å². The average Bonchev–Trinajstić information content (AvgIpc) is 3.19. The molecule has 2 aromatic carbocycles. The van der Waals surface area contributed by atoms with E-state index in [1.54, 1.807) is 32.4 Å². The van der Waals surface area contributed by atoms with Crippen LogP contribution in [0.5, 0.6) is 11.5 Å². The van der Waals surface area contributed by atoms with E-state index < -0.39 is 0 Å². The fourth-order valence-electron chi connectivity index (χ4n) is 5.05. The first kappa shape index (κ1) is 19.0. The predicted molar refractivity (Wildman–Crippen MR) is 116 cm³/mol. The predicted octanol–water partition coefficient (Wildman–Crippen LogP) is 3.46. The molecule has 2 aliphatic rings. The Morgan fingerprint density at radius 3 is 2.63 bits per heavy atom. The van der Waals surface area contributed by atoms with Gasteiger partial charge < -0.3 is 24.7 Å². The van der Waals surface area contributed by atoms with Gasteiger partial charge in [-0.05, 0) is 43.0 Å². The number of nitrogens with zero attached hydrogens (tertiary/aromatic N) is 1. The third kappa shape index (κ3) is 2.94. The van der Waals surface area contributed by atoms with Gasteiger partial charge in [-0.2, -0.15) is 0 Å². The number of ether oxygens (including phenoxy) is 2. The Labute approximate surface area is 176 Å². The lowest BCUT2D eigenvalue weighted by Crippen LogP contribution is -2.55. The van der Waals surface area contributed by atoms with Crippen molar-refractivity contribution in [3.8, 4) is 11.5 Å². The van der Waals surface area contributed by atoms with Crippen molar-refractivity contribution in [1.29, 1.82) is 0 Å². The number of amides is 1. The number of aromatic amines is 1. The molecule has 1 amide bonds. The fraction of sp³-hybridized carbons (Fsp3) is 0.375. The smallest absolute Gasteiger partial charge is 0.257 e. The molecule has 0 saturated carbocycles. The Morgan fingerprint density at radius 1 is 1.07 bits per heavy atom. The molecule has 2 N–H and O–H groups in total. The van der Waals surface area contributed by atoms with Gasteiger partial charge in [0.2, 0.25) is 0 Å². The molecule has 0 unspecified atom stereocenters. The Hall–Kier alpha value is -2.99. The van der Waals surface area contributed by atoms with Gasteiger partial charge in [0.15, 0.2) is 0 Å². The number of piperidine rings is 1. The van der Waals surface area contributed by atoms with E-state index in [-0.39, 0.29) is 11.4 Å². The molecule has 1 saturated heterocycles. The van der Waals surface area contributed by atoms with Crippen LogP contribution < -0.4 is 14.8 Å². The number of para-hydroxylation sites is 1. The van der Waals surface area contributed by atoms with Crippen LogP contribution in [0, 0.1) is 0 Å². The molecule has 0 atom stereocenters. The Bertz CT molecular complexity index is 1100. The lowest BCUT2D eigenvalue weighted by atomic mass is 9.79. The summed E-state index contributed by atoms with van der Waals surface area (Å²) in [5, 5.41) is 5.11. The van der Waals surface area contributed by atoms with E-state index in [1.807, 2.05) is 4.90 Å². The molecule has 6 heteroatoms. The minimum absolute atomic E-state index is 0.0111. The SMILES string of the molecule is COc1ccc(C(=O)N2CCC3(CC2)NCCc2c3[nH]c3ccccc23)c(OC)c1. The number of hydrogen-bond donors (Lipinski definition) is 2. The van der Waals surface area contributed by atoms with Crippen molar-refractivity contribution in [3.05, 3.63) is 59.3 Å². The molecule has 1 fully saturated rings. The summed E-state index contributed by atoms with van der Waals surface area (Å²) in [7, 11) is 3.19. The molecule has 0 radical (unpaired) electrons. The molecule has 5 rings (SSSR count). The van der Waals surface area contributed by atoms with Gasteiger partial charge in [-0.15, -0.1) is 0 Å². The van der Waals surface area contributed by atoms with Gasteiger partial charge in [-0.1, -0.05) is 18.2 Å². The number of fused-ring (bicyclic) bond motifs is 4. The second-order valence-corrected chi connectivity index (χ2v) is 8.14. The van der Waals surface area contributed by atoms with E-state index in [9.17, 15) is 4.79 Å². The highest BCUT2D eigenvalue weighted by Gasteiger charge is 2.42. The van der Waals surface area contributed by atoms with E-state index in [0.717, 1.165) is 25.8 Å². The Morgan fingerprint density at radius 2 is 1.87 bits per heavy atom. The summed E-state index contributed by atoms with van der Waals surface area (Å²) in [4.78, 5) is 18.8. The molecule has 6 nitrogen and oxygen atoms in total. The van der Waals surface area contributed by atoms with Gasteiger partial charge in [-0.25, -0.2) is 0 Å². The first-order valence-corrected chi connectivity index (χ1v) is 10.5. The van der Waals surface area contributed by atoms with Crippen molar-refractivity contribution in [2.45, 2.75) is 24.8 Å². The molecule has 1 spiro atoms. The van der Waals surface area contributed by atoms with Gasteiger partial charge in [-0.3, -0.25) is 4.79 Å². The maximum atomic E-state index is 13.2. The standard InChI is InChI=1S/C24H27N3O3/c1-29-16-7-8-19(21(15-16)30-2)23(28)27-13-10-24(11-14-27)22-18(9-12-25-24)17-5-3-4-6-20(17)26-22/h3-8,15,25-26H,9-14H2,1-2H3. The molecular weight excluding hydrogens is 378 g/mol. The highest BCUT2D eigenvalue weighted by Crippen LogP contribution is 2.40. The number of hydrogen-bond acceptors (Lipinski definition) is 4. The topological polar surface area (TPSA) is 66.6 Å². The number of carbonyl (C=O) groups excluding carboxylic acids is 1. The third-order valence-electron chi connectivity index (χ3n) is 6.67. The molecule has 156 valence electrons. The fourth-order valence-corrected chi connectivity index (χ4v) is 5.05. The van der Waals surface area contributed by atoms with Crippen molar-refractivity contribution in [3.63, 3.8) is 0 Å². The monoisotopic (exact) mass is 405 g/mol. The number of rotatable bonds is 3. The number of nitrogens with one attached hydrogen (secondary N) is 2. The zero-order chi connectivity index (χ0) is 20.7. The molecular formula is C24H27N3O3. The molecule has 0 aliphatic carbocycles. The highest BCUT2D eigenvalue weighted by atomic mass is 16.5. The molecule has 1 aromatic heterocycles. The van der Waals surface area contributed by atoms with Crippen LogP contribution in [0.1, 0.15) is 34.5 Å². The maximum Gasteiger partial charge on any atom is 0.257 e. The number of aromatic nitrogens is 1. The van der Waals surface area contributed by atoms with Crippen molar-refractivity contribution in [2.24, 2.45) is 0 Å². The van der Waals surface area contributed by atoms with Gasteiger partial charge in [0.1, 0.15) is 11.5 Å². The average molecular weight is 405 g/mol. The summed E-state index contributed by atoms with van der Waals surface area (Å²) >= 11 is 0. The summed E-state index contributed by atoms with van der Waals surface area (Å²) < 4.78 is 10.7. The van der Waals surface area contributed by atoms with Crippen molar-refractivity contribution >= 4 is 16.8 Å². The van der Waals surface area contributed by atoms with Crippen molar-refractivity contribution in [1.82, 2.24) is 15.2 Å². The van der Waals surface area contributed by atoms with E-state index in [2.05, 4.69) is 34.6 Å². The zero-order valence-electron chi connectivity index (χ0n) is 17.5. The number of likely N-dealkylation sites (tertiary alicyclic amines) is 1. The van der Waals surface area contributed by atoms with Crippen molar-refractivity contribution in [2.75, 3.05) is 33.9 Å². The zero-order valence-corrected chi connectivity index (χ0v) is 17.5. The summed E-state index contributed by atoms with van der Waals surface area (Å²) in [6.45, 7) is 2.38. The summed E-state index contributed by atoms with van der Waals surface area (Å²) in [6.07, 6.45) is 2.81. The maximum absolute atomic E-state index is 13.2. The quantitative estimate of drug-likeness (QED) is 0.700. The first-order chi connectivity index (χ1) is 14.6. The van der Waals surface area contributed by atoms with Gasteiger partial charge >= 0.3 is 0 Å². The van der Waals surface area contributed by atoms with Crippen LogP contribution in [0.4, 0.5) is 0 Å². The number of benzene rings is 2. The summed E-state index contributed by atoms with van der Waals surface area (Å²) in [5.74, 6) is 1.24. The van der Waals surface area contributed by atoms with E-state index in [1.165, 1.54) is 22.2 Å². The van der Waals surface area contributed by atoms with Crippen LogP contribution in [0.25, 0.3) is 10.9 Å².